The summed E-state index contributed by atoms with van der Waals surface area (Å²) < 4.78 is 23.8. The van der Waals surface area contributed by atoms with Crippen LogP contribution in [0.25, 0.3) is 0 Å². The number of aliphatic carboxylic acids is 1. The zero-order chi connectivity index (χ0) is 14.8. The third kappa shape index (κ3) is 3.12. The molecule has 0 aliphatic carbocycles. The quantitative estimate of drug-likeness (QED) is 0.922. The van der Waals surface area contributed by atoms with Crippen molar-refractivity contribution in [3.05, 3.63) is 24.3 Å². The summed E-state index contributed by atoms with van der Waals surface area (Å²) in [6.45, 7) is 0.573. The molecule has 0 radical (unpaired) electrons. The van der Waals surface area contributed by atoms with E-state index in [0.29, 0.717) is 18.7 Å². The van der Waals surface area contributed by atoms with Gasteiger partial charge in [0.25, 0.3) is 0 Å². The van der Waals surface area contributed by atoms with Crippen LogP contribution in [0.3, 0.4) is 0 Å². The smallest absolute Gasteiger partial charge is 0.326 e. The van der Waals surface area contributed by atoms with Crippen molar-refractivity contribution in [2.24, 2.45) is 0 Å². The largest absolute Gasteiger partial charge is 0.480 e. The maximum atomic E-state index is 11.9. The van der Waals surface area contributed by atoms with Crippen molar-refractivity contribution in [3.8, 4) is 0 Å². The van der Waals surface area contributed by atoms with Crippen molar-refractivity contribution in [1.82, 2.24) is 0 Å². The Morgan fingerprint density at radius 3 is 2.60 bits per heavy atom. The lowest BCUT2D eigenvalue weighted by molar-refractivity contribution is -0.138. The van der Waals surface area contributed by atoms with Crippen molar-refractivity contribution >= 4 is 21.5 Å². The molecule has 0 saturated carbocycles. The Morgan fingerprint density at radius 1 is 1.25 bits per heavy atom. The number of carboxylic acid groups (broad SMARTS) is 1. The van der Waals surface area contributed by atoms with Crippen LogP contribution in [0.4, 0.5) is 5.69 Å². The Kier molecular flexibility index (Phi) is 4.32. The van der Waals surface area contributed by atoms with Gasteiger partial charge in [0.05, 0.1) is 10.6 Å². The van der Waals surface area contributed by atoms with E-state index in [-0.39, 0.29) is 4.90 Å². The molecule has 1 aromatic carbocycles. The zero-order valence-electron chi connectivity index (χ0n) is 11.4. The second-order valence-electron chi connectivity index (χ2n) is 5.14. The maximum absolute atomic E-state index is 11.9. The molecule has 0 bridgehead atoms. The molecule has 1 aliphatic heterocycles. The molecule has 1 fully saturated rings. The number of rotatable bonds is 3. The van der Waals surface area contributed by atoms with E-state index in [1.807, 2.05) is 0 Å². The Morgan fingerprint density at radius 2 is 1.95 bits per heavy atom. The molecular formula is C14H19NO4S. The number of para-hydroxylation sites is 1. The van der Waals surface area contributed by atoms with Crippen molar-refractivity contribution in [1.29, 1.82) is 0 Å². The maximum Gasteiger partial charge on any atom is 0.326 e. The summed E-state index contributed by atoms with van der Waals surface area (Å²) >= 11 is 0. The summed E-state index contributed by atoms with van der Waals surface area (Å²) in [4.78, 5) is 13.4. The predicted molar refractivity (Wildman–Crippen MR) is 76.8 cm³/mol. The molecule has 0 spiro atoms. The molecule has 6 heteroatoms. The van der Waals surface area contributed by atoms with Crippen LogP contribution < -0.4 is 4.90 Å². The number of sulfone groups is 1. The first kappa shape index (κ1) is 14.8. The van der Waals surface area contributed by atoms with E-state index in [9.17, 15) is 18.3 Å². The van der Waals surface area contributed by atoms with Crippen LogP contribution in [0.5, 0.6) is 0 Å². The van der Waals surface area contributed by atoms with Crippen LogP contribution in [-0.2, 0) is 14.6 Å². The average molecular weight is 297 g/mol. The van der Waals surface area contributed by atoms with Crippen LogP contribution in [0.2, 0.25) is 0 Å². The van der Waals surface area contributed by atoms with Gasteiger partial charge in [0, 0.05) is 12.8 Å². The third-order valence-electron chi connectivity index (χ3n) is 3.61. The van der Waals surface area contributed by atoms with Crippen molar-refractivity contribution < 1.29 is 18.3 Å². The lowest BCUT2D eigenvalue weighted by Gasteiger charge is -2.30. The first-order chi connectivity index (χ1) is 9.41. The lowest BCUT2D eigenvalue weighted by atomic mass is 10.1. The molecule has 1 aliphatic rings. The van der Waals surface area contributed by atoms with E-state index in [2.05, 4.69) is 0 Å². The van der Waals surface area contributed by atoms with Gasteiger partial charge in [-0.2, -0.15) is 0 Å². The van der Waals surface area contributed by atoms with E-state index in [4.69, 9.17) is 0 Å². The Bertz CT molecular complexity index is 597. The minimum absolute atomic E-state index is 0.202. The highest BCUT2D eigenvalue weighted by Gasteiger charge is 2.30. The van der Waals surface area contributed by atoms with Gasteiger partial charge >= 0.3 is 5.97 Å². The van der Waals surface area contributed by atoms with Gasteiger partial charge in [-0.25, -0.2) is 13.2 Å². The SMILES string of the molecule is CS(=O)(=O)c1ccccc1N1CCCCCC1C(=O)O. The first-order valence-corrected chi connectivity index (χ1v) is 8.59. The summed E-state index contributed by atoms with van der Waals surface area (Å²) in [6, 6.07) is 5.98. The highest BCUT2D eigenvalue weighted by molar-refractivity contribution is 7.90. The zero-order valence-corrected chi connectivity index (χ0v) is 12.3. The fourth-order valence-corrected chi connectivity index (χ4v) is 3.55. The molecule has 5 nitrogen and oxygen atoms in total. The number of carbonyl (C=O) groups is 1. The van der Waals surface area contributed by atoms with Crippen molar-refractivity contribution in [3.63, 3.8) is 0 Å². The van der Waals surface area contributed by atoms with E-state index < -0.39 is 21.8 Å². The second-order valence-corrected chi connectivity index (χ2v) is 7.12. The standard InChI is InChI=1S/C14H19NO4S/c1-20(18,19)13-9-5-4-7-11(13)15-10-6-2-3-8-12(15)14(16)17/h4-5,7,9,12H,2-3,6,8,10H2,1H3,(H,16,17). The Hall–Kier alpha value is -1.56. The van der Waals surface area contributed by atoms with Crippen molar-refractivity contribution in [2.45, 2.75) is 36.6 Å². The van der Waals surface area contributed by atoms with Gasteiger partial charge in [-0.15, -0.1) is 0 Å². The van der Waals surface area contributed by atoms with Gasteiger partial charge in [-0.05, 0) is 25.0 Å². The highest BCUT2D eigenvalue weighted by Crippen LogP contribution is 2.30. The Balaban J connectivity index is 2.50. The average Bonchev–Trinajstić information content (AvgIpc) is 2.63. The first-order valence-electron chi connectivity index (χ1n) is 6.70. The van der Waals surface area contributed by atoms with E-state index in [0.717, 1.165) is 25.5 Å². The number of hydrogen-bond donors (Lipinski definition) is 1. The number of anilines is 1. The molecule has 1 atom stereocenters. The molecule has 110 valence electrons. The van der Waals surface area contributed by atoms with Gasteiger partial charge < -0.3 is 10.0 Å². The van der Waals surface area contributed by atoms with Crippen LogP contribution in [0.1, 0.15) is 25.7 Å². The van der Waals surface area contributed by atoms with Gasteiger partial charge in [-0.3, -0.25) is 0 Å². The predicted octanol–water partition coefficient (Wildman–Crippen LogP) is 1.92. The van der Waals surface area contributed by atoms with Gasteiger partial charge in [-0.1, -0.05) is 25.0 Å². The van der Waals surface area contributed by atoms with Crippen LogP contribution in [0.15, 0.2) is 29.2 Å². The lowest BCUT2D eigenvalue weighted by Crippen LogP contribution is -2.41. The number of hydrogen-bond acceptors (Lipinski definition) is 4. The summed E-state index contributed by atoms with van der Waals surface area (Å²) in [5, 5.41) is 9.40. The highest BCUT2D eigenvalue weighted by atomic mass is 32.2. The molecule has 0 aromatic heterocycles. The fraction of sp³-hybridized carbons (Fsp3) is 0.500. The molecular weight excluding hydrogens is 278 g/mol. The van der Waals surface area contributed by atoms with Crippen LogP contribution in [0, 0.1) is 0 Å². The molecule has 20 heavy (non-hydrogen) atoms. The van der Waals surface area contributed by atoms with Gasteiger partial charge in [0.2, 0.25) is 0 Å². The van der Waals surface area contributed by atoms with E-state index in [1.165, 1.54) is 6.07 Å². The second kappa shape index (κ2) is 5.83. The van der Waals surface area contributed by atoms with Crippen molar-refractivity contribution in [2.75, 3.05) is 17.7 Å². The van der Waals surface area contributed by atoms with Crippen LogP contribution in [-0.4, -0.2) is 38.3 Å². The molecule has 2 rings (SSSR count). The van der Waals surface area contributed by atoms with Gasteiger partial charge in [0.15, 0.2) is 9.84 Å². The number of nitrogens with zero attached hydrogens (tertiary/aromatic N) is 1. The molecule has 0 amide bonds. The van der Waals surface area contributed by atoms with Gasteiger partial charge in [0.1, 0.15) is 6.04 Å². The van der Waals surface area contributed by atoms with E-state index >= 15 is 0 Å². The number of carboxylic acids is 1. The summed E-state index contributed by atoms with van der Waals surface area (Å²) in [7, 11) is -3.38. The topological polar surface area (TPSA) is 74.7 Å². The Labute approximate surface area is 119 Å². The third-order valence-corrected chi connectivity index (χ3v) is 4.76. The molecule has 1 aromatic rings. The van der Waals surface area contributed by atoms with E-state index in [1.54, 1.807) is 23.1 Å². The van der Waals surface area contributed by atoms with Crippen LogP contribution >= 0.6 is 0 Å². The fourth-order valence-electron chi connectivity index (χ4n) is 2.66. The minimum Gasteiger partial charge on any atom is -0.480 e. The minimum atomic E-state index is -3.38. The summed E-state index contributed by atoms with van der Waals surface area (Å²) in [5.41, 5.74) is 0.504. The molecule has 1 heterocycles. The normalized spacial score (nSPS) is 20.4. The summed E-state index contributed by atoms with van der Waals surface area (Å²) in [6.07, 6.45) is 4.41. The number of benzene rings is 1. The molecule has 1 saturated heterocycles. The molecule has 1 unspecified atom stereocenters. The monoisotopic (exact) mass is 297 g/mol. The molecule has 1 N–H and O–H groups in total. The summed E-state index contributed by atoms with van der Waals surface area (Å²) in [5.74, 6) is -0.893.